The lowest BCUT2D eigenvalue weighted by Gasteiger charge is -2.25. The molecule has 110 valence electrons. The average Bonchev–Trinajstić information content (AvgIpc) is 3.08. The molecule has 1 saturated carbocycles. The summed E-state index contributed by atoms with van der Waals surface area (Å²) in [5.41, 5.74) is 1.02. The molecule has 1 fully saturated rings. The van der Waals surface area contributed by atoms with Crippen molar-refractivity contribution in [2.24, 2.45) is 23.7 Å². The van der Waals surface area contributed by atoms with E-state index in [-0.39, 0.29) is 23.8 Å². The molecule has 4 heteroatoms. The molecule has 0 aliphatic heterocycles. The Balaban J connectivity index is 1.73. The van der Waals surface area contributed by atoms with Crippen LogP contribution in [0.25, 0.3) is 0 Å². The fraction of sp³-hybridized carbons (Fsp3) is 0.412. The van der Waals surface area contributed by atoms with E-state index in [1.165, 1.54) is 0 Å². The minimum absolute atomic E-state index is 0.00952. The van der Waals surface area contributed by atoms with E-state index in [1.54, 1.807) is 0 Å². The molecule has 3 rings (SSSR count). The molecule has 0 unspecified atom stereocenters. The van der Waals surface area contributed by atoms with Crippen LogP contribution >= 0.6 is 0 Å². The number of carboxylic acids is 1. The van der Waals surface area contributed by atoms with Gasteiger partial charge in [0.1, 0.15) is 0 Å². The highest BCUT2D eigenvalue weighted by molar-refractivity contribution is 5.87. The number of carbonyl (C=O) groups excluding carboxylic acids is 1. The van der Waals surface area contributed by atoms with E-state index >= 15 is 0 Å². The molecule has 0 radical (unpaired) electrons. The zero-order chi connectivity index (χ0) is 15.0. The Morgan fingerprint density at radius 3 is 2.38 bits per heavy atom. The van der Waals surface area contributed by atoms with Crippen LogP contribution in [0.3, 0.4) is 0 Å². The number of aliphatic carboxylic acids is 1. The van der Waals surface area contributed by atoms with Gasteiger partial charge in [0.15, 0.2) is 0 Å². The average molecular weight is 285 g/mol. The number of hydrogen-bond donors (Lipinski definition) is 2. The van der Waals surface area contributed by atoms with Crippen molar-refractivity contribution in [1.29, 1.82) is 0 Å². The maximum absolute atomic E-state index is 12.5. The van der Waals surface area contributed by atoms with Crippen LogP contribution in [0.4, 0.5) is 0 Å². The SMILES string of the molecule is C[C@H](NC(=O)[C@H]1[C@@H](C(=O)O)[C@H]2C=C[C@H]1C2)c1ccccc1. The normalized spacial score (nSPS) is 31.1. The second-order valence-corrected chi connectivity index (χ2v) is 5.98. The quantitative estimate of drug-likeness (QED) is 0.835. The van der Waals surface area contributed by atoms with Gasteiger partial charge in [-0.15, -0.1) is 0 Å². The lowest BCUT2D eigenvalue weighted by Crippen LogP contribution is -2.41. The predicted molar refractivity (Wildman–Crippen MR) is 78.4 cm³/mol. The number of carboxylic acid groups (broad SMARTS) is 1. The molecule has 21 heavy (non-hydrogen) atoms. The molecule has 4 nitrogen and oxygen atoms in total. The maximum Gasteiger partial charge on any atom is 0.307 e. The molecule has 5 atom stereocenters. The Hall–Kier alpha value is -2.10. The highest BCUT2D eigenvalue weighted by Crippen LogP contribution is 2.48. The smallest absolute Gasteiger partial charge is 0.307 e. The van der Waals surface area contributed by atoms with Gasteiger partial charge in [0.25, 0.3) is 0 Å². The summed E-state index contributed by atoms with van der Waals surface area (Å²) in [5.74, 6) is -1.95. The van der Waals surface area contributed by atoms with Gasteiger partial charge < -0.3 is 10.4 Å². The van der Waals surface area contributed by atoms with Gasteiger partial charge in [-0.05, 0) is 30.7 Å². The van der Waals surface area contributed by atoms with Crippen molar-refractivity contribution in [2.75, 3.05) is 0 Å². The summed E-state index contributed by atoms with van der Waals surface area (Å²) in [5, 5.41) is 12.4. The number of rotatable bonds is 4. The number of nitrogens with one attached hydrogen (secondary N) is 1. The molecular weight excluding hydrogens is 266 g/mol. The van der Waals surface area contributed by atoms with Crippen molar-refractivity contribution < 1.29 is 14.7 Å². The van der Waals surface area contributed by atoms with Crippen molar-refractivity contribution in [1.82, 2.24) is 5.32 Å². The Morgan fingerprint density at radius 1 is 1.14 bits per heavy atom. The fourth-order valence-corrected chi connectivity index (χ4v) is 3.65. The summed E-state index contributed by atoms with van der Waals surface area (Å²) in [6, 6.07) is 9.59. The van der Waals surface area contributed by atoms with Gasteiger partial charge in [0.05, 0.1) is 17.9 Å². The molecule has 0 saturated heterocycles. The molecule has 2 bridgehead atoms. The number of amides is 1. The first-order valence-electron chi connectivity index (χ1n) is 7.34. The molecule has 0 spiro atoms. The molecule has 0 heterocycles. The summed E-state index contributed by atoms with van der Waals surface area (Å²) in [6.07, 6.45) is 4.74. The Morgan fingerprint density at radius 2 is 1.76 bits per heavy atom. The van der Waals surface area contributed by atoms with Crippen LogP contribution in [0.1, 0.15) is 24.9 Å². The monoisotopic (exact) mass is 285 g/mol. The largest absolute Gasteiger partial charge is 0.481 e. The van der Waals surface area contributed by atoms with Crippen molar-refractivity contribution in [2.45, 2.75) is 19.4 Å². The van der Waals surface area contributed by atoms with Gasteiger partial charge in [-0.2, -0.15) is 0 Å². The Labute approximate surface area is 123 Å². The van der Waals surface area contributed by atoms with E-state index in [1.807, 2.05) is 49.4 Å². The van der Waals surface area contributed by atoms with E-state index in [2.05, 4.69) is 5.32 Å². The van der Waals surface area contributed by atoms with Gasteiger partial charge in [0.2, 0.25) is 5.91 Å². The molecule has 1 aromatic carbocycles. The van der Waals surface area contributed by atoms with Crippen molar-refractivity contribution in [3.8, 4) is 0 Å². The number of hydrogen-bond acceptors (Lipinski definition) is 2. The van der Waals surface area contributed by atoms with E-state index in [0.29, 0.717) is 0 Å². The third-order valence-corrected chi connectivity index (χ3v) is 4.71. The van der Waals surface area contributed by atoms with Crippen LogP contribution in [0, 0.1) is 23.7 Å². The second-order valence-electron chi connectivity index (χ2n) is 5.98. The van der Waals surface area contributed by atoms with E-state index in [9.17, 15) is 14.7 Å². The topological polar surface area (TPSA) is 66.4 Å². The minimum Gasteiger partial charge on any atom is -0.481 e. The summed E-state index contributed by atoms with van der Waals surface area (Å²) < 4.78 is 0. The lowest BCUT2D eigenvalue weighted by molar-refractivity contribution is -0.148. The first-order chi connectivity index (χ1) is 10.1. The first-order valence-corrected chi connectivity index (χ1v) is 7.34. The van der Waals surface area contributed by atoms with Crippen LogP contribution in [0.5, 0.6) is 0 Å². The minimum atomic E-state index is -0.862. The van der Waals surface area contributed by atoms with Crippen LogP contribution in [0.15, 0.2) is 42.5 Å². The molecular formula is C17H19NO3. The van der Waals surface area contributed by atoms with Gasteiger partial charge in [-0.25, -0.2) is 0 Å². The third-order valence-electron chi connectivity index (χ3n) is 4.71. The highest BCUT2D eigenvalue weighted by Gasteiger charge is 2.51. The lowest BCUT2D eigenvalue weighted by atomic mass is 9.82. The van der Waals surface area contributed by atoms with Crippen LogP contribution in [-0.2, 0) is 9.59 Å². The van der Waals surface area contributed by atoms with Crippen LogP contribution < -0.4 is 5.32 Å². The van der Waals surface area contributed by atoms with Crippen molar-refractivity contribution in [3.63, 3.8) is 0 Å². The summed E-state index contributed by atoms with van der Waals surface area (Å²) in [6.45, 7) is 1.92. The molecule has 1 aromatic rings. The Kier molecular flexibility index (Phi) is 3.53. The summed E-state index contributed by atoms with van der Waals surface area (Å²) in [4.78, 5) is 24.0. The zero-order valence-corrected chi connectivity index (χ0v) is 11.9. The van der Waals surface area contributed by atoms with E-state index < -0.39 is 17.8 Å². The van der Waals surface area contributed by atoms with Gasteiger partial charge >= 0.3 is 5.97 Å². The van der Waals surface area contributed by atoms with Crippen molar-refractivity contribution >= 4 is 11.9 Å². The van der Waals surface area contributed by atoms with Crippen LogP contribution in [-0.4, -0.2) is 17.0 Å². The molecule has 0 aromatic heterocycles. The summed E-state index contributed by atoms with van der Waals surface area (Å²) >= 11 is 0. The Bertz CT molecular complexity index is 581. The fourth-order valence-electron chi connectivity index (χ4n) is 3.65. The second kappa shape index (κ2) is 5.35. The van der Waals surface area contributed by atoms with Crippen molar-refractivity contribution in [3.05, 3.63) is 48.0 Å². The molecule has 2 N–H and O–H groups in total. The molecule has 2 aliphatic rings. The van der Waals surface area contributed by atoms with Gasteiger partial charge in [-0.1, -0.05) is 42.5 Å². The number of allylic oxidation sites excluding steroid dienone is 2. The van der Waals surface area contributed by atoms with Crippen LogP contribution in [0.2, 0.25) is 0 Å². The maximum atomic E-state index is 12.5. The molecule has 1 amide bonds. The zero-order valence-electron chi connectivity index (χ0n) is 11.9. The summed E-state index contributed by atoms with van der Waals surface area (Å²) in [7, 11) is 0. The highest BCUT2D eigenvalue weighted by atomic mass is 16.4. The third kappa shape index (κ3) is 2.46. The number of carbonyl (C=O) groups is 2. The standard InChI is InChI=1S/C17H19NO3/c1-10(11-5-3-2-4-6-11)18-16(19)14-12-7-8-13(9-12)15(14)17(20)21/h2-8,10,12-15H,9H2,1H3,(H,18,19)(H,20,21)/t10-,12-,13-,14+,15-/m0/s1. The van der Waals surface area contributed by atoms with Gasteiger partial charge in [-0.3, -0.25) is 9.59 Å². The number of benzene rings is 1. The van der Waals surface area contributed by atoms with E-state index in [4.69, 9.17) is 0 Å². The van der Waals surface area contributed by atoms with E-state index in [0.717, 1.165) is 12.0 Å². The van der Waals surface area contributed by atoms with Gasteiger partial charge in [0, 0.05) is 0 Å². The number of fused-ring (bicyclic) bond motifs is 2. The predicted octanol–water partition coefficient (Wildman–Crippen LogP) is 2.39. The molecule has 2 aliphatic carbocycles. The first kappa shape index (κ1) is 13.9.